The molecule has 1 aromatic rings. The molecule has 106 valence electrons. The first kappa shape index (κ1) is 14.4. The molecule has 6 nitrogen and oxygen atoms in total. The zero-order valence-electron chi connectivity index (χ0n) is 10.1. The van der Waals surface area contributed by atoms with E-state index in [1.165, 1.54) is 12.1 Å². The van der Waals surface area contributed by atoms with Gasteiger partial charge < -0.3 is 15.6 Å². The third-order valence-electron chi connectivity index (χ3n) is 2.91. The van der Waals surface area contributed by atoms with Crippen LogP contribution in [0.15, 0.2) is 17.0 Å². The summed E-state index contributed by atoms with van der Waals surface area (Å²) < 4.78 is 31.9. The number of sulfonamides is 1. The zero-order valence-corrected chi connectivity index (χ0v) is 11.7. The molecule has 8 heteroatoms. The van der Waals surface area contributed by atoms with Gasteiger partial charge in [0, 0.05) is 13.2 Å². The number of hydrogen-bond acceptors (Lipinski definition) is 5. The monoisotopic (exact) mass is 306 g/mol. The summed E-state index contributed by atoms with van der Waals surface area (Å²) in [5.41, 5.74) is 5.44. The molecule has 1 fully saturated rings. The lowest BCUT2D eigenvalue weighted by molar-refractivity contribution is 0.114. The standard InChI is InChI=1S/C11H15ClN2O4S/c12-8-3-4-9(13)10(15)11(8)19(16,17)14-6-7-2-1-5-18-7/h3-4,7,14-15H,1-2,5-6,13H2/t7-/m1/s1. The van der Waals surface area contributed by atoms with Gasteiger partial charge in [0.2, 0.25) is 10.0 Å². The molecule has 0 aromatic heterocycles. The third kappa shape index (κ3) is 3.11. The molecule has 0 saturated carbocycles. The van der Waals surface area contributed by atoms with E-state index in [-0.39, 0.29) is 23.4 Å². The molecule has 0 bridgehead atoms. The number of anilines is 1. The molecule has 19 heavy (non-hydrogen) atoms. The molecule has 1 aromatic carbocycles. The van der Waals surface area contributed by atoms with Crippen molar-refractivity contribution >= 4 is 27.3 Å². The predicted molar refractivity (Wildman–Crippen MR) is 71.7 cm³/mol. The van der Waals surface area contributed by atoms with Crippen LogP contribution in [0.2, 0.25) is 5.02 Å². The van der Waals surface area contributed by atoms with Gasteiger partial charge in [-0.1, -0.05) is 11.6 Å². The van der Waals surface area contributed by atoms with Gasteiger partial charge in [0.1, 0.15) is 4.90 Å². The van der Waals surface area contributed by atoms with Gasteiger partial charge in [0.05, 0.1) is 16.8 Å². The summed E-state index contributed by atoms with van der Waals surface area (Å²) in [6.07, 6.45) is 1.58. The van der Waals surface area contributed by atoms with Crippen molar-refractivity contribution in [3.05, 3.63) is 17.2 Å². The van der Waals surface area contributed by atoms with Crippen LogP contribution < -0.4 is 10.5 Å². The highest BCUT2D eigenvalue weighted by atomic mass is 35.5. The van der Waals surface area contributed by atoms with Gasteiger partial charge in [-0.25, -0.2) is 13.1 Å². The smallest absolute Gasteiger partial charge is 0.245 e. The lowest BCUT2D eigenvalue weighted by Crippen LogP contribution is -2.32. The van der Waals surface area contributed by atoms with Crippen molar-refractivity contribution in [2.24, 2.45) is 0 Å². The summed E-state index contributed by atoms with van der Waals surface area (Å²) in [5, 5.41) is 9.67. The molecule has 0 spiro atoms. The predicted octanol–water partition coefficient (Wildman–Crippen LogP) is 1.09. The first-order chi connectivity index (χ1) is 8.92. The maximum Gasteiger partial charge on any atom is 0.245 e. The Labute approximate surface area is 116 Å². The SMILES string of the molecule is Nc1ccc(Cl)c(S(=O)(=O)NC[C@H]2CCCO2)c1O. The number of phenols is 1. The second-order valence-electron chi connectivity index (χ2n) is 4.30. The fraction of sp³-hybridized carbons (Fsp3) is 0.455. The molecule has 2 rings (SSSR count). The molecular weight excluding hydrogens is 292 g/mol. The van der Waals surface area contributed by atoms with Crippen LogP contribution in [0, 0.1) is 0 Å². The van der Waals surface area contributed by atoms with Gasteiger partial charge >= 0.3 is 0 Å². The summed E-state index contributed by atoms with van der Waals surface area (Å²) in [5.74, 6) is -0.535. The summed E-state index contributed by atoms with van der Waals surface area (Å²) >= 11 is 5.82. The second kappa shape index (κ2) is 5.54. The Balaban J connectivity index is 2.21. The summed E-state index contributed by atoms with van der Waals surface area (Å²) in [7, 11) is -3.92. The minimum Gasteiger partial charge on any atom is -0.504 e. The Kier molecular flexibility index (Phi) is 4.19. The first-order valence-corrected chi connectivity index (χ1v) is 7.66. The minimum atomic E-state index is -3.92. The summed E-state index contributed by atoms with van der Waals surface area (Å²) in [4.78, 5) is -0.396. The number of nitrogens with two attached hydrogens (primary N) is 1. The number of ether oxygens (including phenoxy) is 1. The maximum atomic E-state index is 12.1. The molecule has 0 unspecified atom stereocenters. The van der Waals surface area contributed by atoms with E-state index in [2.05, 4.69) is 4.72 Å². The van der Waals surface area contributed by atoms with Crippen molar-refractivity contribution in [3.8, 4) is 5.75 Å². The summed E-state index contributed by atoms with van der Waals surface area (Å²) in [6, 6.07) is 2.67. The van der Waals surface area contributed by atoms with Crippen molar-refractivity contribution in [1.29, 1.82) is 0 Å². The normalized spacial score (nSPS) is 19.7. The van der Waals surface area contributed by atoms with Crippen molar-refractivity contribution in [2.45, 2.75) is 23.8 Å². The highest BCUT2D eigenvalue weighted by Gasteiger charge is 2.26. The topological polar surface area (TPSA) is 102 Å². The number of halogens is 1. The Bertz CT molecular complexity index is 570. The van der Waals surface area contributed by atoms with Crippen LogP contribution in [-0.2, 0) is 14.8 Å². The average Bonchev–Trinajstić information content (AvgIpc) is 2.85. The molecule has 1 heterocycles. The number of hydrogen-bond donors (Lipinski definition) is 3. The number of benzene rings is 1. The number of phenolic OH excluding ortho intramolecular Hbond substituents is 1. The first-order valence-electron chi connectivity index (χ1n) is 5.80. The van der Waals surface area contributed by atoms with E-state index in [9.17, 15) is 13.5 Å². The van der Waals surface area contributed by atoms with E-state index in [4.69, 9.17) is 22.1 Å². The molecule has 0 radical (unpaired) electrons. The van der Waals surface area contributed by atoms with E-state index >= 15 is 0 Å². The minimum absolute atomic E-state index is 0.0399. The molecular formula is C11H15ClN2O4S. The quantitative estimate of drug-likeness (QED) is 0.571. The lowest BCUT2D eigenvalue weighted by atomic mass is 10.2. The van der Waals surface area contributed by atoms with Crippen LogP contribution in [0.25, 0.3) is 0 Å². The van der Waals surface area contributed by atoms with E-state index < -0.39 is 20.7 Å². The zero-order chi connectivity index (χ0) is 14.0. The highest BCUT2D eigenvalue weighted by molar-refractivity contribution is 7.89. The van der Waals surface area contributed by atoms with Crippen molar-refractivity contribution in [2.75, 3.05) is 18.9 Å². The van der Waals surface area contributed by atoms with Crippen LogP contribution in [0.1, 0.15) is 12.8 Å². The van der Waals surface area contributed by atoms with Crippen LogP contribution >= 0.6 is 11.6 Å². The fourth-order valence-corrected chi connectivity index (χ4v) is 3.60. The van der Waals surface area contributed by atoms with E-state index in [0.29, 0.717) is 6.61 Å². The molecule has 1 aliphatic heterocycles. The molecule has 1 aliphatic rings. The summed E-state index contributed by atoms with van der Waals surface area (Å²) in [6.45, 7) is 0.781. The Morgan fingerprint density at radius 3 is 2.89 bits per heavy atom. The fourth-order valence-electron chi connectivity index (χ4n) is 1.90. The van der Waals surface area contributed by atoms with Gasteiger partial charge in [0.25, 0.3) is 0 Å². The third-order valence-corrected chi connectivity index (χ3v) is 4.83. The number of aromatic hydroxyl groups is 1. The number of rotatable bonds is 4. The molecule has 4 N–H and O–H groups in total. The van der Waals surface area contributed by atoms with E-state index in [1.54, 1.807) is 0 Å². The largest absolute Gasteiger partial charge is 0.504 e. The van der Waals surface area contributed by atoms with Crippen LogP contribution in [0.5, 0.6) is 5.75 Å². The second-order valence-corrected chi connectivity index (χ2v) is 6.41. The number of nitrogens with one attached hydrogen (secondary N) is 1. The number of nitrogen functional groups attached to an aromatic ring is 1. The average molecular weight is 307 g/mol. The van der Waals surface area contributed by atoms with Crippen molar-refractivity contribution in [3.63, 3.8) is 0 Å². The van der Waals surface area contributed by atoms with Gasteiger partial charge in [-0.15, -0.1) is 0 Å². The van der Waals surface area contributed by atoms with Crippen molar-refractivity contribution in [1.82, 2.24) is 4.72 Å². The van der Waals surface area contributed by atoms with E-state index in [0.717, 1.165) is 12.8 Å². The van der Waals surface area contributed by atoms with Crippen LogP contribution in [0.4, 0.5) is 5.69 Å². The Morgan fingerprint density at radius 2 is 2.26 bits per heavy atom. The van der Waals surface area contributed by atoms with Crippen LogP contribution in [-0.4, -0.2) is 32.8 Å². The molecule has 1 atom stereocenters. The maximum absolute atomic E-state index is 12.1. The van der Waals surface area contributed by atoms with Gasteiger partial charge in [0.15, 0.2) is 5.75 Å². The van der Waals surface area contributed by atoms with Crippen LogP contribution in [0.3, 0.4) is 0 Å². The van der Waals surface area contributed by atoms with Gasteiger partial charge in [-0.05, 0) is 25.0 Å². The Hall–Kier alpha value is -1.02. The lowest BCUT2D eigenvalue weighted by Gasteiger charge is -2.14. The highest BCUT2D eigenvalue weighted by Crippen LogP contribution is 2.34. The van der Waals surface area contributed by atoms with Crippen molar-refractivity contribution < 1.29 is 18.3 Å². The molecule has 0 amide bonds. The van der Waals surface area contributed by atoms with E-state index in [1.807, 2.05) is 0 Å². The Morgan fingerprint density at radius 1 is 1.53 bits per heavy atom. The molecule has 0 aliphatic carbocycles. The molecule has 1 saturated heterocycles. The van der Waals surface area contributed by atoms with Gasteiger partial charge in [-0.2, -0.15) is 0 Å². The van der Waals surface area contributed by atoms with Gasteiger partial charge in [-0.3, -0.25) is 0 Å².